The molecule has 0 aliphatic rings. The highest BCUT2D eigenvalue weighted by atomic mass is 16.3. The van der Waals surface area contributed by atoms with Crippen molar-refractivity contribution < 1.29 is 8.83 Å². The second-order valence-electron chi connectivity index (χ2n) is 24.2. The van der Waals surface area contributed by atoms with Crippen molar-refractivity contribution in [2.24, 2.45) is 0 Å². The molecule has 0 amide bonds. The van der Waals surface area contributed by atoms with Crippen LogP contribution >= 0.6 is 0 Å². The first-order valence-electron chi connectivity index (χ1n) is 30.4. The summed E-state index contributed by atoms with van der Waals surface area (Å²) in [6.45, 7) is 8.88. The summed E-state index contributed by atoms with van der Waals surface area (Å²) in [4.78, 5) is 4.92. The number of fused-ring (bicyclic) bond motifs is 18. The quantitative estimate of drug-likeness (QED) is 0.152. The third-order valence-corrected chi connectivity index (χ3v) is 19.2. The van der Waals surface area contributed by atoms with E-state index in [-0.39, 0.29) is 0 Å². The van der Waals surface area contributed by atoms with Crippen LogP contribution in [0.15, 0.2) is 264 Å². The van der Waals surface area contributed by atoms with E-state index in [2.05, 4.69) is 301 Å². The Morgan fingerprint density at radius 3 is 1.07 bits per heavy atom. The Labute approximate surface area is 505 Å². The number of nitrogens with zero attached hydrogens (tertiary/aromatic N) is 4. The van der Waals surface area contributed by atoms with E-state index in [1.165, 1.54) is 76.3 Å². The Balaban J connectivity index is 0.854. The molecule has 6 nitrogen and oxygen atoms in total. The van der Waals surface area contributed by atoms with Gasteiger partial charge in [0.1, 0.15) is 11.2 Å². The topological polar surface area (TPSA) is 41.6 Å². The maximum absolute atomic E-state index is 6.95. The number of benzene rings is 13. The number of para-hydroxylation sites is 4. The van der Waals surface area contributed by atoms with Crippen LogP contribution in [-0.2, 0) is 0 Å². The van der Waals surface area contributed by atoms with E-state index >= 15 is 0 Å². The van der Waals surface area contributed by atoms with Crippen LogP contribution in [0.1, 0.15) is 22.3 Å². The van der Waals surface area contributed by atoms with Crippen LogP contribution in [0.2, 0.25) is 0 Å². The van der Waals surface area contributed by atoms with Gasteiger partial charge >= 0.3 is 0 Å². The third-order valence-electron chi connectivity index (χ3n) is 19.2. The monoisotopic (exact) mass is 1130 g/mol. The molecule has 0 N–H and O–H groups in total. The van der Waals surface area contributed by atoms with E-state index in [0.717, 1.165) is 122 Å². The number of anilines is 6. The van der Waals surface area contributed by atoms with Crippen molar-refractivity contribution in [3.05, 3.63) is 277 Å². The molecule has 0 aliphatic carbocycles. The van der Waals surface area contributed by atoms with Gasteiger partial charge in [0.05, 0.1) is 44.5 Å². The predicted molar refractivity (Wildman–Crippen MR) is 370 cm³/mol. The van der Waals surface area contributed by atoms with Crippen LogP contribution in [0.3, 0.4) is 0 Å². The van der Waals surface area contributed by atoms with Gasteiger partial charge in [0.25, 0.3) is 0 Å². The maximum Gasteiger partial charge on any atom is 0.159 e. The van der Waals surface area contributed by atoms with E-state index in [0.29, 0.717) is 0 Å². The lowest BCUT2D eigenvalue weighted by Crippen LogP contribution is -2.13. The number of aromatic nitrogens is 2. The molecule has 0 atom stereocenters. The van der Waals surface area contributed by atoms with Gasteiger partial charge in [0.15, 0.2) is 11.2 Å². The average molecular weight is 1130 g/mol. The van der Waals surface area contributed by atoms with Crippen molar-refractivity contribution in [3.8, 4) is 22.3 Å². The Morgan fingerprint density at radius 1 is 0.261 bits per heavy atom. The summed E-state index contributed by atoms with van der Waals surface area (Å²) in [5.41, 5.74) is 26.2. The van der Waals surface area contributed by atoms with Crippen molar-refractivity contribution in [3.63, 3.8) is 0 Å². The third kappa shape index (κ3) is 6.77. The van der Waals surface area contributed by atoms with Gasteiger partial charge in [-0.15, -0.1) is 0 Å². The van der Waals surface area contributed by atoms with Gasteiger partial charge in [-0.05, 0) is 133 Å². The molecule has 0 saturated heterocycles. The van der Waals surface area contributed by atoms with Gasteiger partial charge in [-0.1, -0.05) is 194 Å². The molecule has 6 heteroatoms. The minimum Gasteiger partial charge on any atom is -0.454 e. The first kappa shape index (κ1) is 49.0. The number of hydrogen-bond donors (Lipinski definition) is 0. The molecular formula is C82H54N4O2. The summed E-state index contributed by atoms with van der Waals surface area (Å²) in [6.07, 6.45) is 0. The lowest BCUT2D eigenvalue weighted by Gasteiger charge is -2.29. The highest BCUT2D eigenvalue weighted by Gasteiger charge is 2.29. The molecule has 0 unspecified atom stereocenters. The molecular weight excluding hydrogens is 1070 g/mol. The first-order valence-corrected chi connectivity index (χ1v) is 30.4. The van der Waals surface area contributed by atoms with Gasteiger partial charge in [-0.2, -0.15) is 0 Å². The molecule has 414 valence electrons. The van der Waals surface area contributed by atoms with Crippen LogP contribution in [0, 0.1) is 27.7 Å². The molecule has 19 rings (SSSR count). The van der Waals surface area contributed by atoms with Gasteiger partial charge in [-0.25, -0.2) is 0 Å². The highest BCUT2D eigenvalue weighted by molar-refractivity contribution is 6.29. The fourth-order valence-electron chi connectivity index (χ4n) is 15.1. The van der Waals surface area contributed by atoms with Crippen LogP contribution in [0.4, 0.5) is 34.1 Å². The zero-order chi connectivity index (χ0) is 58.2. The lowest BCUT2D eigenvalue weighted by molar-refractivity contribution is 0.668. The molecule has 0 fully saturated rings. The average Bonchev–Trinajstić information content (AvgIpc) is 1.59. The summed E-state index contributed by atoms with van der Waals surface area (Å²) >= 11 is 0. The van der Waals surface area contributed by atoms with Crippen LogP contribution < -0.4 is 9.80 Å². The largest absolute Gasteiger partial charge is 0.454 e. The van der Waals surface area contributed by atoms with Crippen LogP contribution in [0.5, 0.6) is 0 Å². The molecule has 19 aromatic rings. The normalized spacial score (nSPS) is 12.3. The van der Waals surface area contributed by atoms with E-state index in [1.54, 1.807) is 0 Å². The predicted octanol–water partition coefficient (Wildman–Crippen LogP) is 23.3. The van der Waals surface area contributed by atoms with Crippen molar-refractivity contribution >= 4 is 154 Å². The number of rotatable bonds is 8. The molecule has 0 aliphatic heterocycles. The molecule has 6 heterocycles. The van der Waals surface area contributed by atoms with Crippen molar-refractivity contribution in [2.45, 2.75) is 27.7 Å². The summed E-state index contributed by atoms with van der Waals surface area (Å²) in [7, 11) is 0. The standard InChI is InChI=1S/C82H54N4O2/c1-47-29-33-53(51-17-7-5-8-18-51)41-69(47)83(77-49(3)31-37-65-59-21-11-13-27-75(59)87-81(65)77)55-35-39-57-61-23-15-25-63-67-46-74-68(45-73(67)85(79(61)63)71(57)43-55)64-26-16-24-62-58-40-36-56(44-72(58)86(74)80(62)64)84(70-42-54(34-30-48(70)2)52-19-9-6-10-20-52)78-50(4)32-38-66-60-22-12-14-28-76(60)88-82(66)78/h5-46H,1-4H3. The minimum atomic E-state index is 0.871. The molecule has 0 bridgehead atoms. The van der Waals surface area contributed by atoms with E-state index in [9.17, 15) is 0 Å². The lowest BCUT2D eigenvalue weighted by atomic mass is 10.00. The van der Waals surface area contributed by atoms with Gasteiger partial charge < -0.3 is 27.4 Å². The number of aryl methyl sites for hydroxylation is 4. The van der Waals surface area contributed by atoms with Crippen molar-refractivity contribution in [2.75, 3.05) is 9.80 Å². The molecule has 6 aromatic heterocycles. The summed E-state index contributed by atoms with van der Waals surface area (Å²) < 4.78 is 19.0. The smallest absolute Gasteiger partial charge is 0.159 e. The summed E-state index contributed by atoms with van der Waals surface area (Å²) in [5, 5.41) is 14.2. The van der Waals surface area contributed by atoms with Gasteiger partial charge in [-0.3, -0.25) is 0 Å². The zero-order valence-electron chi connectivity index (χ0n) is 48.9. The Morgan fingerprint density at radius 2 is 0.625 bits per heavy atom. The van der Waals surface area contributed by atoms with Gasteiger partial charge in [0, 0.05) is 87.4 Å². The fourth-order valence-corrected chi connectivity index (χ4v) is 15.1. The second kappa shape index (κ2) is 18.1. The minimum absolute atomic E-state index is 0.871. The van der Waals surface area contributed by atoms with E-state index in [4.69, 9.17) is 8.83 Å². The van der Waals surface area contributed by atoms with Crippen molar-refractivity contribution in [1.29, 1.82) is 0 Å². The maximum atomic E-state index is 6.95. The zero-order valence-corrected chi connectivity index (χ0v) is 48.9. The van der Waals surface area contributed by atoms with Crippen LogP contribution in [-0.4, -0.2) is 8.80 Å². The molecule has 0 saturated carbocycles. The highest BCUT2D eigenvalue weighted by Crippen LogP contribution is 2.52. The van der Waals surface area contributed by atoms with E-state index in [1.807, 2.05) is 0 Å². The van der Waals surface area contributed by atoms with Crippen LogP contribution in [0.25, 0.3) is 142 Å². The second-order valence-corrected chi connectivity index (χ2v) is 24.2. The SMILES string of the molecule is Cc1ccc(-c2ccccc2)cc1N(c1ccc2c3cccc4c5cc6c(cc5n(c2c1)c34)c1cccc2c3ccc(N(c4cc(-c5ccccc5)ccc4C)c4c(C)ccc5c4oc4ccccc45)cc3n6c21)c1c(C)ccc2c1oc1ccccc12. The molecule has 13 aromatic carbocycles. The molecule has 88 heavy (non-hydrogen) atoms. The Hall–Kier alpha value is -11.3. The number of furan rings is 2. The Kier molecular flexibility index (Phi) is 10.1. The number of hydrogen-bond acceptors (Lipinski definition) is 4. The van der Waals surface area contributed by atoms with Gasteiger partial charge in [0.2, 0.25) is 0 Å². The van der Waals surface area contributed by atoms with Crippen molar-refractivity contribution in [1.82, 2.24) is 8.80 Å². The summed E-state index contributed by atoms with van der Waals surface area (Å²) in [6, 6.07) is 93.8. The fraction of sp³-hybridized carbons (Fsp3) is 0.0488. The molecule has 0 spiro atoms. The Bertz CT molecular complexity index is 5740. The van der Waals surface area contributed by atoms with E-state index < -0.39 is 0 Å². The summed E-state index contributed by atoms with van der Waals surface area (Å²) in [5.74, 6) is 0. The molecule has 0 radical (unpaired) electrons. The first-order chi connectivity index (χ1) is 43.3.